The van der Waals surface area contributed by atoms with Crippen LogP contribution < -0.4 is 0 Å². The Balaban J connectivity index is 2.09. The molecule has 0 aromatic heterocycles. The minimum atomic E-state index is 0.197. The van der Waals surface area contributed by atoms with Crippen LogP contribution in [0.1, 0.15) is 46.1 Å². The number of rotatable bonds is 6. The molecular weight excluding hydrogens is 284 g/mol. The summed E-state index contributed by atoms with van der Waals surface area (Å²) < 4.78 is 11.5. The summed E-state index contributed by atoms with van der Waals surface area (Å²) in [6.45, 7) is 10.8. The Morgan fingerprint density at radius 2 is 1.91 bits per heavy atom. The standard InChI is InChI=1S/C21H32O2/c1-16(2)18-11-12-21(3,4)20(15-22-5)19(18)14-23-13-17-9-7-6-8-10-17/h6-10,15-16,18-19H,11-14H2,1-5H3/b20-15-/t18-,19-/m0/s1. The second-order valence-electron chi connectivity index (χ2n) is 7.75. The molecule has 1 aromatic rings. The maximum atomic E-state index is 6.11. The first-order valence-corrected chi connectivity index (χ1v) is 8.80. The van der Waals surface area contributed by atoms with E-state index < -0.39 is 0 Å². The van der Waals surface area contributed by atoms with Crippen LogP contribution in [0.3, 0.4) is 0 Å². The Kier molecular flexibility index (Phi) is 6.29. The van der Waals surface area contributed by atoms with Crippen molar-refractivity contribution in [1.29, 1.82) is 0 Å². The lowest BCUT2D eigenvalue weighted by Crippen LogP contribution is -2.38. The summed E-state index contributed by atoms with van der Waals surface area (Å²) in [6, 6.07) is 10.4. The van der Waals surface area contributed by atoms with E-state index in [-0.39, 0.29) is 5.41 Å². The molecular formula is C21H32O2. The van der Waals surface area contributed by atoms with Gasteiger partial charge in [-0.05, 0) is 41.2 Å². The maximum Gasteiger partial charge on any atom is 0.0825 e. The number of hydrogen-bond donors (Lipinski definition) is 0. The van der Waals surface area contributed by atoms with Crippen LogP contribution in [0.5, 0.6) is 0 Å². The van der Waals surface area contributed by atoms with E-state index in [1.54, 1.807) is 7.11 Å². The number of benzene rings is 1. The first-order valence-electron chi connectivity index (χ1n) is 8.80. The largest absolute Gasteiger partial charge is 0.504 e. The molecule has 1 fully saturated rings. The zero-order chi connectivity index (χ0) is 16.9. The number of methoxy groups -OCH3 is 1. The summed E-state index contributed by atoms with van der Waals surface area (Å²) in [7, 11) is 1.75. The molecule has 0 aliphatic heterocycles. The molecule has 0 saturated heterocycles. The normalized spacial score (nSPS) is 25.7. The van der Waals surface area contributed by atoms with Crippen molar-refractivity contribution in [2.75, 3.05) is 13.7 Å². The monoisotopic (exact) mass is 316 g/mol. The van der Waals surface area contributed by atoms with E-state index in [1.165, 1.54) is 24.0 Å². The zero-order valence-electron chi connectivity index (χ0n) is 15.3. The van der Waals surface area contributed by atoms with Crippen LogP contribution >= 0.6 is 0 Å². The van der Waals surface area contributed by atoms with E-state index in [0.29, 0.717) is 24.4 Å². The van der Waals surface area contributed by atoms with Crippen LogP contribution in [0.4, 0.5) is 0 Å². The van der Waals surface area contributed by atoms with Crippen molar-refractivity contribution in [3.05, 3.63) is 47.7 Å². The van der Waals surface area contributed by atoms with Crippen molar-refractivity contribution < 1.29 is 9.47 Å². The summed E-state index contributed by atoms with van der Waals surface area (Å²) in [5.74, 6) is 1.78. The molecule has 1 aliphatic carbocycles. The van der Waals surface area contributed by atoms with Crippen molar-refractivity contribution in [1.82, 2.24) is 0 Å². The predicted molar refractivity (Wildman–Crippen MR) is 96.0 cm³/mol. The second kappa shape index (κ2) is 8.01. The van der Waals surface area contributed by atoms with E-state index in [2.05, 4.69) is 52.0 Å². The van der Waals surface area contributed by atoms with Gasteiger partial charge in [-0.25, -0.2) is 0 Å². The number of hydrogen-bond acceptors (Lipinski definition) is 2. The highest BCUT2D eigenvalue weighted by Crippen LogP contribution is 2.48. The van der Waals surface area contributed by atoms with Gasteiger partial charge in [-0.1, -0.05) is 58.0 Å². The quantitative estimate of drug-likeness (QED) is 0.650. The van der Waals surface area contributed by atoms with Crippen LogP contribution in [-0.4, -0.2) is 13.7 Å². The van der Waals surface area contributed by atoms with Gasteiger partial charge in [-0.3, -0.25) is 0 Å². The minimum absolute atomic E-state index is 0.197. The van der Waals surface area contributed by atoms with Crippen molar-refractivity contribution in [2.24, 2.45) is 23.2 Å². The van der Waals surface area contributed by atoms with Gasteiger partial charge in [0.15, 0.2) is 0 Å². The Morgan fingerprint density at radius 3 is 2.52 bits per heavy atom. The van der Waals surface area contributed by atoms with Gasteiger partial charge in [0.2, 0.25) is 0 Å². The van der Waals surface area contributed by atoms with Gasteiger partial charge >= 0.3 is 0 Å². The average Bonchev–Trinajstić information content (AvgIpc) is 2.51. The molecule has 2 rings (SSSR count). The van der Waals surface area contributed by atoms with Gasteiger partial charge < -0.3 is 9.47 Å². The summed E-state index contributed by atoms with van der Waals surface area (Å²) in [6.07, 6.45) is 4.47. The van der Waals surface area contributed by atoms with Crippen LogP contribution in [0, 0.1) is 23.2 Å². The third-order valence-electron chi connectivity index (χ3n) is 5.31. The number of ether oxygens (including phenoxy) is 2. The van der Waals surface area contributed by atoms with Gasteiger partial charge in [-0.15, -0.1) is 0 Å². The summed E-state index contributed by atoms with van der Waals surface area (Å²) in [4.78, 5) is 0. The highest BCUT2D eigenvalue weighted by atomic mass is 16.5. The fraction of sp³-hybridized carbons (Fsp3) is 0.619. The molecule has 2 atom stereocenters. The smallest absolute Gasteiger partial charge is 0.0825 e. The first-order chi connectivity index (χ1) is 11.0. The van der Waals surface area contributed by atoms with Crippen LogP contribution in [-0.2, 0) is 16.1 Å². The summed E-state index contributed by atoms with van der Waals surface area (Å²) in [5, 5.41) is 0. The van der Waals surface area contributed by atoms with Crippen LogP contribution in [0.15, 0.2) is 42.2 Å². The molecule has 0 heterocycles. The molecule has 0 amide bonds. The SMILES string of the molecule is CO/C=C1/[C@@H](COCc2ccccc2)[C@H](C(C)C)CCC1(C)C. The highest BCUT2D eigenvalue weighted by molar-refractivity contribution is 5.19. The van der Waals surface area contributed by atoms with E-state index in [1.807, 2.05) is 12.3 Å². The van der Waals surface area contributed by atoms with Crippen molar-refractivity contribution in [2.45, 2.75) is 47.1 Å². The zero-order valence-corrected chi connectivity index (χ0v) is 15.3. The third kappa shape index (κ3) is 4.60. The molecule has 0 bridgehead atoms. The Labute approximate surface area is 141 Å². The molecule has 0 radical (unpaired) electrons. The molecule has 1 saturated carbocycles. The van der Waals surface area contributed by atoms with Crippen LogP contribution in [0.2, 0.25) is 0 Å². The molecule has 1 aliphatic rings. The molecule has 128 valence electrons. The van der Waals surface area contributed by atoms with Gasteiger partial charge in [0.05, 0.1) is 26.6 Å². The van der Waals surface area contributed by atoms with E-state index in [0.717, 1.165) is 6.61 Å². The predicted octanol–water partition coefficient (Wildman–Crippen LogP) is 5.44. The minimum Gasteiger partial charge on any atom is -0.504 e. The Morgan fingerprint density at radius 1 is 1.22 bits per heavy atom. The van der Waals surface area contributed by atoms with E-state index in [4.69, 9.17) is 9.47 Å². The van der Waals surface area contributed by atoms with Crippen molar-refractivity contribution in [3.63, 3.8) is 0 Å². The summed E-state index contributed by atoms with van der Waals surface area (Å²) >= 11 is 0. The molecule has 0 unspecified atom stereocenters. The van der Waals surface area contributed by atoms with Crippen LogP contribution in [0.25, 0.3) is 0 Å². The molecule has 0 N–H and O–H groups in total. The molecule has 2 nitrogen and oxygen atoms in total. The first kappa shape index (κ1) is 18.1. The van der Waals surface area contributed by atoms with Crippen molar-refractivity contribution in [3.8, 4) is 0 Å². The fourth-order valence-electron chi connectivity index (χ4n) is 3.87. The van der Waals surface area contributed by atoms with Gasteiger partial charge in [0.25, 0.3) is 0 Å². The lowest BCUT2D eigenvalue weighted by atomic mass is 9.61. The third-order valence-corrected chi connectivity index (χ3v) is 5.31. The highest BCUT2D eigenvalue weighted by Gasteiger charge is 2.40. The second-order valence-corrected chi connectivity index (χ2v) is 7.75. The van der Waals surface area contributed by atoms with Gasteiger partial charge in [0, 0.05) is 5.92 Å². The van der Waals surface area contributed by atoms with E-state index in [9.17, 15) is 0 Å². The van der Waals surface area contributed by atoms with Crippen molar-refractivity contribution >= 4 is 0 Å². The molecule has 2 heteroatoms. The lowest BCUT2D eigenvalue weighted by Gasteiger charge is -2.44. The fourth-order valence-corrected chi connectivity index (χ4v) is 3.87. The summed E-state index contributed by atoms with van der Waals surface area (Å²) in [5.41, 5.74) is 2.85. The van der Waals surface area contributed by atoms with E-state index >= 15 is 0 Å². The topological polar surface area (TPSA) is 18.5 Å². The maximum absolute atomic E-state index is 6.11. The lowest BCUT2D eigenvalue weighted by molar-refractivity contribution is 0.0384. The Hall–Kier alpha value is -1.28. The Bertz CT molecular complexity index is 502. The molecule has 0 spiro atoms. The molecule has 1 aromatic carbocycles. The van der Waals surface area contributed by atoms with Gasteiger partial charge in [-0.2, -0.15) is 0 Å². The molecule has 23 heavy (non-hydrogen) atoms. The average molecular weight is 316 g/mol. The van der Waals surface area contributed by atoms with Gasteiger partial charge in [0.1, 0.15) is 0 Å².